The van der Waals surface area contributed by atoms with Gasteiger partial charge in [-0.1, -0.05) is 12.1 Å². The van der Waals surface area contributed by atoms with E-state index < -0.39 is 0 Å². The number of ether oxygens (including phenoxy) is 1. The van der Waals surface area contributed by atoms with Crippen LogP contribution in [-0.2, 0) is 18.2 Å². The van der Waals surface area contributed by atoms with Crippen molar-refractivity contribution in [1.29, 1.82) is 0 Å². The minimum Gasteiger partial charge on any atom is -0.382 e. The Bertz CT molecular complexity index is 722. The average Bonchev–Trinajstić information content (AvgIpc) is 3.08. The second-order valence-corrected chi connectivity index (χ2v) is 6.96. The Labute approximate surface area is 154 Å². The Morgan fingerprint density at radius 2 is 2.19 bits per heavy atom. The van der Waals surface area contributed by atoms with Gasteiger partial charge in [0.25, 0.3) is 5.91 Å². The summed E-state index contributed by atoms with van der Waals surface area (Å²) in [5, 5.41) is 10.7. The number of nitrogens with zero attached hydrogens (tertiary/aromatic N) is 2. The van der Waals surface area contributed by atoms with Crippen LogP contribution in [0.3, 0.4) is 0 Å². The highest BCUT2D eigenvalue weighted by atomic mass is 16.5. The van der Waals surface area contributed by atoms with Crippen LogP contribution in [0.5, 0.6) is 0 Å². The Balaban J connectivity index is 1.68. The van der Waals surface area contributed by atoms with Crippen LogP contribution in [-0.4, -0.2) is 42.5 Å². The monoisotopic (exact) mass is 356 g/mol. The fourth-order valence-corrected chi connectivity index (χ4v) is 3.59. The summed E-state index contributed by atoms with van der Waals surface area (Å²) < 4.78 is 7.04. The lowest BCUT2D eigenvalue weighted by Crippen LogP contribution is -2.32. The standard InChI is InChI=1S/C20H28N4O2/c1-24-19(8-11-22-24)18(14-26-2)23-20(25)17-5-3-4-16(13-17)12-15-6-9-21-10-7-15/h3-5,8,11,13,15,18,21H,6-7,9-10,12,14H2,1-2H3,(H,23,25). The van der Waals surface area contributed by atoms with Crippen molar-refractivity contribution in [3.05, 3.63) is 53.3 Å². The third-order valence-electron chi connectivity index (χ3n) is 5.03. The van der Waals surface area contributed by atoms with Gasteiger partial charge in [-0.3, -0.25) is 9.48 Å². The number of carbonyl (C=O) groups is 1. The molecule has 0 saturated carbocycles. The second kappa shape index (κ2) is 8.96. The summed E-state index contributed by atoms with van der Waals surface area (Å²) in [7, 11) is 3.50. The number of nitrogens with one attached hydrogen (secondary N) is 2. The van der Waals surface area contributed by atoms with Crippen molar-refractivity contribution >= 4 is 5.91 Å². The second-order valence-electron chi connectivity index (χ2n) is 6.96. The summed E-state index contributed by atoms with van der Waals surface area (Å²) in [6, 6.07) is 9.65. The molecule has 26 heavy (non-hydrogen) atoms. The Morgan fingerprint density at radius 1 is 1.38 bits per heavy atom. The van der Waals surface area contributed by atoms with Gasteiger partial charge in [-0.15, -0.1) is 0 Å². The van der Waals surface area contributed by atoms with Gasteiger partial charge in [0.2, 0.25) is 0 Å². The molecule has 1 fully saturated rings. The summed E-state index contributed by atoms with van der Waals surface area (Å²) in [6.07, 6.45) is 5.16. The van der Waals surface area contributed by atoms with E-state index in [-0.39, 0.29) is 11.9 Å². The number of rotatable bonds is 7. The van der Waals surface area contributed by atoms with Crippen LogP contribution >= 0.6 is 0 Å². The number of benzene rings is 1. The van der Waals surface area contributed by atoms with Gasteiger partial charge >= 0.3 is 0 Å². The normalized spacial score (nSPS) is 16.4. The zero-order chi connectivity index (χ0) is 18.4. The molecule has 0 radical (unpaired) electrons. The Hall–Kier alpha value is -2.18. The van der Waals surface area contributed by atoms with Crippen molar-refractivity contribution in [2.24, 2.45) is 13.0 Å². The molecule has 140 valence electrons. The molecule has 2 N–H and O–H groups in total. The first-order chi connectivity index (χ1) is 12.7. The molecule has 1 aliphatic rings. The highest BCUT2D eigenvalue weighted by molar-refractivity contribution is 5.94. The van der Waals surface area contributed by atoms with Crippen LogP contribution in [0.4, 0.5) is 0 Å². The summed E-state index contributed by atoms with van der Waals surface area (Å²) >= 11 is 0. The number of aryl methyl sites for hydroxylation is 1. The summed E-state index contributed by atoms with van der Waals surface area (Å²) in [5.41, 5.74) is 2.85. The Morgan fingerprint density at radius 3 is 2.88 bits per heavy atom. The molecule has 1 aromatic carbocycles. The first-order valence-electron chi connectivity index (χ1n) is 9.24. The lowest BCUT2D eigenvalue weighted by atomic mass is 9.90. The van der Waals surface area contributed by atoms with Crippen molar-refractivity contribution in [2.45, 2.75) is 25.3 Å². The van der Waals surface area contributed by atoms with E-state index in [2.05, 4.69) is 21.8 Å². The molecule has 1 aliphatic heterocycles. The maximum Gasteiger partial charge on any atom is 0.251 e. The molecule has 2 heterocycles. The summed E-state index contributed by atoms with van der Waals surface area (Å²) in [5.74, 6) is 0.616. The highest BCUT2D eigenvalue weighted by Gasteiger charge is 2.19. The maximum atomic E-state index is 12.8. The predicted octanol–water partition coefficient (Wildman–Crippen LogP) is 2.08. The van der Waals surface area contributed by atoms with E-state index in [1.807, 2.05) is 31.3 Å². The van der Waals surface area contributed by atoms with Crippen LogP contribution in [0.2, 0.25) is 0 Å². The fourth-order valence-electron chi connectivity index (χ4n) is 3.59. The highest BCUT2D eigenvalue weighted by Crippen LogP contribution is 2.19. The molecule has 3 rings (SSSR count). The first-order valence-corrected chi connectivity index (χ1v) is 9.24. The quantitative estimate of drug-likeness (QED) is 0.797. The van der Waals surface area contributed by atoms with Gasteiger partial charge in [-0.05, 0) is 62.0 Å². The lowest BCUT2D eigenvalue weighted by Gasteiger charge is -2.23. The minimum atomic E-state index is -0.229. The van der Waals surface area contributed by atoms with E-state index in [9.17, 15) is 4.79 Å². The molecular formula is C20H28N4O2. The van der Waals surface area contributed by atoms with Crippen LogP contribution < -0.4 is 10.6 Å². The summed E-state index contributed by atoms with van der Waals surface area (Å²) in [4.78, 5) is 12.8. The van der Waals surface area contributed by atoms with E-state index >= 15 is 0 Å². The zero-order valence-electron chi connectivity index (χ0n) is 15.6. The van der Waals surface area contributed by atoms with Crippen molar-refractivity contribution in [1.82, 2.24) is 20.4 Å². The molecular weight excluding hydrogens is 328 g/mol. The molecule has 0 bridgehead atoms. The number of carbonyl (C=O) groups excluding carboxylic acids is 1. The fraction of sp³-hybridized carbons (Fsp3) is 0.500. The van der Waals surface area contributed by atoms with Gasteiger partial charge < -0.3 is 15.4 Å². The van der Waals surface area contributed by atoms with Gasteiger partial charge in [0.15, 0.2) is 0 Å². The first kappa shape index (κ1) is 18.6. The van der Waals surface area contributed by atoms with E-state index in [1.54, 1.807) is 18.0 Å². The molecule has 0 aliphatic carbocycles. The van der Waals surface area contributed by atoms with Gasteiger partial charge in [-0.25, -0.2) is 0 Å². The molecule has 1 amide bonds. The van der Waals surface area contributed by atoms with E-state index in [4.69, 9.17) is 4.74 Å². The van der Waals surface area contributed by atoms with Crippen molar-refractivity contribution in [3.63, 3.8) is 0 Å². The molecule has 1 atom stereocenters. The van der Waals surface area contributed by atoms with Crippen molar-refractivity contribution in [2.75, 3.05) is 26.8 Å². The third-order valence-corrected chi connectivity index (χ3v) is 5.03. The number of hydrogen-bond donors (Lipinski definition) is 2. The van der Waals surface area contributed by atoms with E-state index in [1.165, 1.54) is 18.4 Å². The third kappa shape index (κ3) is 4.71. The van der Waals surface area contributed by atoms with Gasteiger partial charge in [0.05, 0.1) is 18.3 Å². The van der Waals surface area contributed by atoms with Crippen LogP contribution in [0.25, 0.3) is 0 Å². The van der Waals surface area contributed by atoms with E-state index in [0.29, 0.717) is 18.1 Å². The molecule has 1 saturated heterocycles. The van der Waals surface area contributed by atoms with Crippen molar-refractivity contribution < 1.29 is 9.53 Å². The van der Waals surface area contributed by atoms with Gasteiger partial charge in [-0.2, -0.15) is 5.10 Å². The molecule has 1 unspecified atom stereocenters. The van der Waals surface area contributed by atoms with Crippen LogP contribution in [0, 0.1) is 5.92 Å². The minimum absolute atomic E-state index is 0.0830. The molecule has 0 spiro atoms. The number of amides is 1. The van der Waals surface area contributed by atoms with Gasteiger partial charge in [0, 0.05) is 25.9 Å². The average molecular weight is 356 g/mol. The molecule has 6 nitrogen and oxygen atoms in total. The molecule has 1 aromatic heterocycles. The number of piperidine rings is 1. The number of hydrogen-bond acceptors (Lipinski definition) is 4. The largest absolute Gasteiger partial charge is 0.382 e. The predicted molar refractivity (Wildman–Crippen MR) is 101 cm³/mol. The summed E-state index contributed by atoms with van der Waals surface area (Å²) in [6.45, 7) is 2.59. The maximum absolute atomic E-state index is 12.8. The number of aromatic nitrogens is 2. The zero-order valence-corrected chi connectivity index (χ0v) is 15.6. The smallest absolute Gasteiger partial charge is 0.251 e. The lowest BCUT2D eigenvalue weighted by molar-refractivity contribution is 0.0892. The molecule has 6 heteroatoms. The Kier molecular flexibility index (Phi) is 6.41. The van der Waals surface area contributed by atoms with Crippen LogP contribution in [0.1, 0.15) is 40.5 Å². The van der Waals surface area contributed by atoms with Crippen LogP contribution in [0.15, 0.2) is 36.5 Å². The van der Waals surface area contributed by atoms with Crippen molar-refractivity contribution in [3.8, 4) is 0 Å². The number of methoxy groups -OCH3 is 1. The SMILES string of the molecule is COCC(NC(=O)c1cccc(CC2CCNCC2)c1)c1ccnn1C. The topological polar surface area (TPSA) is 68.2 Å². The van der Waals surface area contributed by atoms with Gasteiger partial charge in [0.1, 0.15) is 0 Å². The van der Waals surface area contributed by atoms with E-state index in [0.717, 1.165) is 25.2 Å². The molecule has 2 aromatic rings.